The number of aromatic nitrogens is 1. The van der Waals surface area contributed by atoms with E-state index in [9.17, 15) is 0 Å². The van der Waals surface area contributed by atoms with E-state index < -0.39 is 0 Å². The molecule has 0 fully saturated rings. The summed E-state index contributed by atoms with van der Waals surface area (Å²) in [6.45, 7) is 3.86. The Bertz CT molecular complexity index is 387. The summed E-state index contributed by atoms with van der Waals surface area (Å²) in [7, 11) is 0. The Morgan fingerprint density at radius 3 is 3.40 bits per heavy atom. The van der Waals surface area contributed by atoms with Crippen LogP contribution in [0.3, 0.4) is 0 Å². The van der Waals surface area contributed by atoms with Gasteiger partial charge in [0, 0.05) is 6.20 Å². The molecule has 2 rings (SSSR count). The first-order chi connectivity index (χ1) is 7.42. The van der Waals surface area contributed by atoms with E-state index in [4.69, 9.17) is 0 Å². The van der Waals surface area contributed by atoms with Crippen LogP contribution in [0.15, 0.2) is 18.3 Å². The van der Waals surface area contributed by atoms with Crippen LogP contribution in [-0.4, -0.2) is 18.1 Å². The maximum atomic E-state index is 4.42. The highest BCUT2D eigenvalue weighted by molar-refractivity contribution is 5.34. The molecule has 78 valence electrons. The molecule has 0 aromatic carbocycles. The number of nitrogens with one attached hydrogen (secondary N) is 1. The Hall–Kier alpha value is -1.33. The number of rotatable bonds is 2. The molecule has 1 unspecified atom stereocenters. The molecule has 1 N–H and O–H groups in total. The molecule has 15 heavy (non-hydrogen) atoms. The molecule has 1 aromatic rings. The third-order valence-electron chi connectivity index (χ3n) is 2.70. The van der Waals surface area contributed by atoms with Crippen LogP contribution in [0.25, 0.3) is 0 Å². The second-order valence-electron chi connectivity index (χ2n) is 3.74. The Morgan fingerprint density at radius 1 is 1.60 bits per heavy atom. The molecule has 0 saturated heterocycles. The minimum atomic E-state index is 0.361. The maximum absolute atomic E-state index is 4.42. The minimum absolute atomic E-state index is 0.361. The second-order valence-corrected chi connectivity index (χ2v) is 3.74. The molecule has 2 heteroatoms. The van der Waals surface area contributed by atoms with Gasteiger partial charge in [0.15, 0.2) is 0 Å². The summed E-state index contributed by atoms with van der Waals surface area (Å²) < 4.78 is 0. The van der Waals surface area contributed by atoms with Gasteiger partial charge in [0.1, 0.15) is 0 Å². The van der Waals surface area contributed by atoms with Gasteiger partial charge >= 0.3 is 0 Å². The van der Waals surface area contributed by atoms with E-state index in [0.717, 1.165) is 25.9 Å². The van der Waals surface area contributed by atoms with Crippen LogP contribution in [0.1, 0.15) is 30.5 Å². The maximum Gasteiger partial charge on any atom is 0.0631 e. The molecule has 0 radical (unpaired) electrons. The lowest BCUT2D eigenvalue weighted by Crippen LogP contribution is -2.12. The van der Waals surface area contributed by atoms with E-state index in [1.807, 2.05) is 12.3 Å². The number of hydrogen-bond acceptors (Lipinski definition) is 2. The second kappa shape index (κ2) is 4.95. The van der Waals surface area contributed by atoms with E-state index in [1.165, 1.54) is 11.3 Å². The molecule has 1 aromatic heterocycles. The van der Waals surface area contributed by atoms with Crippen molar-refractivity contribution in [2.24, 2.45) is 0 Å². The third kappa shape index (κ3) is 2.37. The van der Waals surface area contributed by atoms with Crippen LogP contribution in [0.2, 0.25) is 0 Å². The molecule has 1 aliphatic rings. The molecule has 0 saturated carbocycles. The van der Waals surface area contributed by atoms with Gasteiger partial charge in [0.2, 0.25) is 0 Å². The lowest BCUT2D eigenvalue weighted by molar-refractivity contribution is 0.799. The average molecular weight is 200 g/mol. The summed E-state index contributed by atoms with van der Waals surface area (Å²) in [5, 5.41) is 3.20. The van der Waals surface area contributed by atoms with E-state index in [0.29, 0.717) is 5.92 Å². The van der Waals surface area contributed by atoms with Crippen molar-refractivity contribution in [3.05, 3.63) is 29.6 Å². The molecule has 0 aliphatic heterocycles. The standard InChI is InChI=1S/C13H16N2/c1-2-14-9-3-5-11-7-8-12-6-4-10-15-13(11)12/h4,6,10-11,14H,2,7-9H2,1H3. The van der Waals surface area contributed by atoms with Crippen molar-refractivity contribution in [1.29, 1.82) is 0 Å². The van der Waals surface area contributed by atoms with E-state index in [1.54, 1.807) is 0 Å². The molecule has 0 amide bonds. The van der Waals surface area contributed by atoms with Crippen molar-refractivity contribution in [3.8, 4) is 11.8 Å². The SMILES string of the molecule is CCNCC#CC1CCc2cccnc21. The first-order valence-electron chi connectivity index (χ1n) is 5.54. The van der Waals surface area contributed by atoms with Crippen LogP contribution in [0, 0.1) is 11.8 Å². The summed E-state index contributed by atoms with van der Waals surface area (Å²) >= 11 is 0. The zero-order valence-corrected chi connectivity index (χ0v) is 9.09. The van der Waals surface area contributed by atoms with Crippen molar-refractivity contribution in [2.45, 2.75) is 25.7 Å². The normalized spacial score (nSPS) is 18.1. The summed E-state index contributed by atoms with van der Waals surface area (Å²) in [5.74, 6) is 6.83. The molecule has 1 heterocycles. The fraction of sp³-hybridized carbons (Fsp3) is 0.462. The highest BCUT2D eigenvalue weighted by atomic mass is 14.8. The van der Waals surface area contributed by atoms with Gasteiger partial charge in [-0.1, -0.05) is 24.8 Å². The molecular weight excluding hydrogens is 184 g/mol. The molecule has 1 aliphatic carbocycles. The van der Waals surface area contributed by atoms with Crippen molar-refractivity contribution in [1.82, 2.24) is 10.3 Å². The highest BCUT2D eigenvalue weighted by Crippen LogP contribution is 2.29. The van der Waals surface area contributed by atoms with Crippen LogP contribution >= 0.6 is 0 Å². The van der Waals surface area contributed by atoms with E-state index >= 15 is 0 Å². The fourth-order valence-electron chi connectivity index (χ4n) is 1.91. The van der Waals surface area contributed by atoms with E-state index in [-0.39, 0.29) is 0 Å². The van der Waals surface area contributed by atoms with Crippen molar-refractivity contribution in [3.63, 3.8) is 0 Å². The number of aryl methyl sites for hydroxylation is 1. The van der Waals surface area contributed by atoms with Crippen LogP contribution in [-0.2, 0) is 6.42 Å². The molecule has 1 atom stereocenters. The van der Waals surface area contributed by atoms with Gasteiger partial charge in [-0.05, 0) is 31.0 Å². The smallest absolute Gasteiger partial charge is 0.0631 e. The number of pyridine rings is 1. The zero-order valence-electron chi connectivity index (χ0n) is 9.09. The van der Waals surface area contributed by atoms with Gasteiger partial charge in [-0.15, -0.1) is 0 Å². The van der Waals surface area contributed by atoms with Crippen LogP contribution in [0.5, 0.6) is 0 Å². The van der Waals surface area contributed by atoms with Crippen molar-refractivity contribution in [2.75, 3.05) is 13.1 Å². The average Bonchev–Trinajstić information content (AvgIpc) is 2.68. The summed E-state index contributed by atoms with van der Waals surface area (Å²) in [5.41, 5.74) is 2.57. The quantitative estimate of drug-likeness (QED) is 0.581. The van der Waals surface area contributed by atoms with Crippen LogP contribution < -0.4 is 5.32 Å². The zero-order chi connectivity index (χ0) is 10.5. The molecular formula is C13H16N2. The highest BCUT2D eigenvalue weighted by Gasteiger charge is 2.21. The first kappa shape index (κ1) is 10.2. The molecule has 2 nitrogen and oxygen atoms in total. The fourth-order valence-corrected chi connectivity index (χ4v) is 1.91. The Balaban J connectivity index is 2.03. The Morgan fingerprint density at radius 2 is 2.53 bits per heavy atom. The summed E-state index contributed by atoms with van der Waals surface area (Å²) in [6, 6.07) is 4.17. The lowest BCUT2D eigenvalue weighted by Gasteiger charge is -2.00. The van der Waals surface area contributed by atoms with Gasteiger partial charge in [-0.25, -0.2) is 0 Å². The van der Waals surface area contributed by atoms with Gasteiger partial charge in [0.25, 0.3) is 0 Å². The summed E-state index contributed by atoms with van der Waals surface area (Å²) in [6.07, 6.45) is 4.12. The lowest BCUT2D eigenvalue weighted by atomic mass is 10.1. The Kier molecular flexibility index (Phi) is 3.37. The van der Waals surface area contributed by atoms with Gasteiger partial charge in [-0.3, -0.25) is 4.98 Å². The largest absolute Gasteiger partial charge is 0.307 e. The molecule has 0 spiro atoms. The predicted octanol–water partition coefficient (Wildman–Crippen LogP) is 1.72. The topological polar surface area (TPSA) is 24.9 Å². The first-order valence-corrected chi connectivity index (χ1v) is 5.54. The predicted molar refractivity (Wildman–Crippen MR) is 61.6 cm³/mol. The van der Waals surface area contributed by atoms with Crippen molar-refractivity contribution < 1.29 is 0 Å². The Labute approximate surface area is 91.1 Å². The van der Waals surface area contributed by atoms with E-state index in [2.05, 4.69) is 35.1 Å². The monoisotopic (exact) mass is 200 g/mol. The van der Waals surface area contributed by atoms with Gasteiger partial charge in [0.05, 0.1) is 18.2 Å². The van der Waals surface area contributed by atoms with Crippen molar-refractivity contribution >= 4 is 0 Å². The minimum Gasteiger partial charge on any atom is -0.307 e. The molecule has 0 bridgehead atoms. The van der Waals surface area contributed by atoms with Crippen LogP contribution in [0.4, 0.5) is 0 Å². The number of hydrogen-bond donors (Lipinski definition) is 1. The summed E-state index contributed by atoms with van der Waals surface area (Å²) in [4.78, 5) is 4.42. The number of nitrogens with zero attached hydrogens (tertiary/aromatic N) is 1. The third-order valence-corrected chi connectivity index (χ3v) is 2.70. The van der Waals surface area contributed by atoms with Gasteiger partial charge < -0.3 is 5.32 Å². The van der Waals surface area contributed by atoms with Gasteiger partial charge in [-0.2, -0.15) is 0 Å². The number of fused-ring (bicyclic) bond motifs is 1.